The van der Waals surface area contributed by atoms with Crippen molar-refractivity contribution in [3.05, 3.63) is 0 Å². The van der Waals surface area contributed by atoms with Gasteiger partial charge < -0.3 is 14.7 Å². The molecule has 0 spiro atoms. The van der Waals surface area contributed by atoms with Crippen LogP contribution in [0.5, 0.6) is 0 Å². The number of hydrogen-bond donors (Lipinski definition) is 1. The minimum Gasteiger partial charge on any atom is -0.331 e. The lowest BCUT2D eigenvalue weighted by atomic mass is 10.1. The molecule has 0 atom stereocenters. The highest BCUT2D eigenvalue weighted by Crippen LogP contribution is 2.13. The molecule has 0 unspecified atom stereocenters. The number of carbonyl (C=O) groups excluding carboxylic acids is 1. The first kappa shape index (κ1) is 11.3. The zero-order chi connectivity index (χ0) is 11.0. The molecular formula is C10H22N3O+. The van der Waals surface area contributed by atoms with Crippen LogP contribution in [0.2, 0.25) is 0 Å². The van der Waals surface area contributed by atoms with Crippen LogP contribution in [-0.2, 0) is 0 Å². The zero-order valence-corrected chi connectivity index (χ0v) is 9.92. The topological polar surface area (TPSA) is 32.3 Å². The Morgan fingerprint density at radius 1 is 1.43 bits per heavy atom. The van der Waals surface area contributed by atoms with E-state index in [4.69, 9.17) is 0 Å². The van der Waals surface area contributed by atoms with Crippen LogP contribution in [-0.4, -0.2) is 61.7 Å². The maximum Gasteiger partial charge on any atom is 0.318 e. The SMILES string of the molecule is CC1(C)CN(CC[N+](C)(C)C)C(=O)N1. The number of rotatable bonds is 3. The molecule has 1 heterocycles. The van der Waals surface area contributed by atoms with Gasteiger partial charge in [-0.3, -0.25) is 0 Å². The van der Waals surface area contributed by atoms with Gasteiger partial charge in [0.15, 0.2) is 0 Å². The van der Waals surface area contributed by atoms with Gasteiger partial charge in [-0.15, -0.1) is 0 Å². The van der Waals surface area contributed by atoms with Crippen LogP contribution in [0, 0.1) is 0 Å². The van der Waals surface area contributed by atoms with Gasteiger partial charge in [-0.25, -0.2) is 4.79 Å². The van der Waals surface area contributed by atoms with Gasteiger partial charge in [0.05, 0.1) is 39.8 Å². The van der Waals surface area contributed by atoms with Gasteiger partial charge >= 0.3 is 6.03 Å². The van der Waals surface area contributed by atoms with Crippen LogP contribution in [0.4, 0.5) is 4.79 Å². The molecule has 0 bridgehead atoms. The molecule has 4 heteroatoms. The number of hydrogen-bond acceptors (Lipinski definition) is 1. The van der Waals surface area contributed by atoms with Gasteiger partial charge in [0.2, 0.25) is 0 Å². The second-order valence-electron chi connectivity index (χ2n) is 5.75. The molecule has 0 aromatic carbocycles. The van der Waals surface area contributed by atoms with Crippen LogP contribution in [0.25, 0.3) is 0 Å². The predicted molar refractivity (Wildman–Crippen MR) is 57.1 cm³/mol. The first-order chi connectivity index (χ1) is 6.20. The molecule has 0 aromatic rings. The fourth-order valence-corrected chi connectivity index (χ4v) is 1.56. The average molecular weight is 200 g/mol. The van der Waals surface area contributed by atoms with Gasteiger partial charge in [-0.1, -0.05) is 0 Å². The number of quaternary nitrogens is 1. The van der Waals surface area contributed by atoms with E-state index in [0.717, 1.165) is 24.1 Å². The molecule has 1 saturated heterocycles. The summed E-state index contributed by atoms with van der Waals surface area (Å²) >= 11 is 0. The lowest BCUT2D eigenvalue weighted by molar-refractivity contribution is -0.869. The highest BCUT2D eigenvalue weighted by Gasteiger charge is 2.34. The Balaban J connectivity index is 2.44. The highest BCUT2D eigenvalue weighted by molar-refractivity contribution is 5.77. The summed E-state index contributed by atoms with van der Waals surface area (Å²) in [5.74, 6) is 0. The Hall–Kier alpha value is -0.770. The van der Waals surface area contributed by atoms with E-state index in [-0.39, 0.29) is 11.6 Å². The molecule has 4 nitrogen and oxygen atoms in total. The second kappa shape index (κ2) is 3.42. The first-order valence-corrected chi connectivity index (χ1v) is 5.07. The van der Waals surface area contributed by atoms with Crippen molar-refractivity contribution >= 4 is 6.03 Å². The molecule has 1 fully saturated rings. The number of amides is 2. The van der Waals surface area contributed by atoms with E-state index in [0.29, 0.717) is 0 Å². The van der Waals surface area contributed by atoms with Crippen molar-refractivity contribution in [2.45, 2.75) is 19.4 Å². The van der Waals surface area contributed by atoms with Crippen molar-refractivity contribution in [2.24, 2.45) is 0 Å². The quantitative estimate of drug-likeness (QED) is 0.661. The summed E-state index contributed by atoms with van der Waals surface area (Å²) in [6.45, 7) is 6.74. The van der Waals surface area contributed by atoms with Crippen LogP contribution in [0.3, 0.4) is 0 Å². The van der Waals surface area contributed by atoms with Crippen molar-refractivity contribution in [1.82, 2.24) is 10.2 Å². The van der Waals surface area contributed by atoms with Crippen molar-refractivity contribution in [3.8, 4) is 0 Å². The predicted octanol–water partition coefficient (Wildman–Crippen LogP) is 0.496. The largest absolute Gasteiger partial charge is 0.331 e. The first-order valence-electron chi connectivity index (χ1n) is 5.07. The summed E-state index contributed by atoms with van der Waals surface area (Å²) in [5, 5.41) is 2.96. The van der Waals surface area contributed by atoms with Gasteiger partial charge in [-0.05, 0) is 13.8 Å². The Kier molecular flexibility index (Phi) is 2.76. The third-order valence-electron chi connectivity index (χ3n) is 2.36. The Morgan fingerprint density at radius 3 is 2.36 bits per heavy atom. The number of nitrogens with zero attached hydrogens (tertiary/aromatic N) is 2. The number of nitrogens with one attached hydrogen (secondary N) is 1. The summed E-state index contributed by atoms with van der Waals surface area (Å²) in [6, 6.07) is 0.0726. The van der Waals surface area contributed by atoms with Gasteiger partial charge in [0, 0.05) is 6.54 Å². The summed E-state index contributed by atoms with van der Waals surface area (Å²) in [5.41, 5.74) is -0.0675. The summed E-state index contributed by atoms with van der Waals surface area (Å²) in [4.78, 5) is 13.4. The smallest absolute Gasteiger partial charge is 0.318 e. The van der Waals surface area contributed by atoms with Crippen molar-refractivity contribution in [1.29, 1.82) is 0 Å². The Bertz CT molecular complexity index is 230. The molecule has 0 aromatic heterocycles. The average Bonchev–Trinajstić information content (AvgIpc) is 2.19. The molecule has 1 aliphatic heterocycles. The summed E-state index contributed by atoms with van der Waals surface area (Å²) in [6.07, 6.45) is 0. The number of carbonyl (C=O) groups is 1. The summed E-state index contributed by atoms with van der Waals surface area (Å²) in [7, 11) is 6.41. The fraction of sp³-hybridized carbons (Fsp3) is 0.900. The molecule has 0 saturated carbocycles. The Morgan fingerprint density at radius 2 is 2.00 bits per heavy atom. The van der Waals surface area contributed by atoms with E-state index < -0.39 is 0 Å². The van der Waals surface area contributed by atoms with E-state index in [1.807, 2.05) is 4.90 Å². The molecule has 0 aliphatic carbocycles. The monoisotopic (exact) mass is 200 g/mol. The summed E-state index contributed by atoms with van der Waals surface area (Å²) < 4.78 is 0.893. The Labute approximate surface area is 86.5 Å². The number of likely N-dealkylation sites (N-methyl/N-ethyl adjacent to an activating group) is 1. The molecule has 1 rings (SSSR count). The van der Waals surface area contributed by atoms with Crippen LogP contribution >= 0.6 is 0 Å². The third kappa shape index (κ3) is 3.18. The van der Waals surface area contributed by atoms with Crippen molar-refractivity contribution in [2.75, 3.05) is 40.8 Å². The second-order valence-corrected chi connectivity index (χ2v) is 5.75. The van der Waals surface area contributed by atoms with Gasteiger partial charge in [-0.2, -0.15) is 0 Å². The molecule has 0 radical (unpaired) electrons. The van der Waals surface area contributed by atoms with E-state index in [2.05, 4.69) is 40.3 Å². The lowest BCUT2D eigenvalue weighted by Crippen LogP contribution is -2.43. The van der Waals surface area contributed by atoms with E-state index >= 15 is 0 Å². The van der Waals surface area contributed by atoms with E-state index in [9.17, 15) is 4.79 Å². The van der Waals surface area contributed by atoms with Crippen LogP contribution in [0.1, 0.15) is 13.8 Å². The van der Waals surface area contributed by atoms with Gasteiger partial charge in [0.25, 0.3) is 0 Å². The fourth-order valence-electron chi connectivity index (χ4n) is 1.56. The molecule has 2 amide bonds. The van der Waals surface area contributed by atoms with Crippen molar-refractivity contribution in [3.63, 3.8) is 0 Å². The molecular weight excluding hydrogens is 178 g/mol. The molecule has 1 N–H and O–H groups in total. The maximum absolute atomic E-state index is 11.5. The van der Waals surface area contributed by atoms with E-state index in [1.54, 1.807) is 0 Å². The lowest BCUT2D eigenvalue weighted by Gasteiger charge is -2.26. The third-order valence-corrected chi connectivity index (χ3v) is 2.36. The maximum atomic E-state index is 11.5. The molecule has 1 aliphatic rings. The number of urea groups is 1. The standard InChI is InChI=1S/C10H21N3O/c1-10(2)8-12(9(14)11-10)6-7-13(3,4)5/h6-8H2,1-5H3/p+1. The van der Waals surface area contributed by atoms with Crippen LogP contribution < -0.4 is 5.32 Å². The molecule has 14 heavy (non-hydrogen) atoms. The normalized spacial score (nSPS) is 21.2. The minimum absolute atomic E-state index is 0.0675. The van der Waals surface area contributed by atoms with Crippen molar-refractivity contribution < 1.29 is 9.28 Å². The molecule has 82 valence electrons. The minimum atomic E-state index is -0.0675. The van der Waals surface area contributed by atoms with Crippen LogP contribution in [0.15, 0.2) is 0 Å². The van der Waals surface area contributed by atoms with E-state index in [1.165, 1.54) is 0 Å². The zero-order valence-electron chi connectivity index (χ0n) is 9.92. The van der Waals surface area contributed by atoms with Gasteiger partial charge in [0.1, 0.15) is 0 Å². The highest BCUT2D eigenvalue weighted by atomic mass is 16.2.